The average molecular weight is 353 g/mol. The lowest BCUT2D eigenvalue weighted by Crippen LogP contribution is -2.33. The molecule has 1 aliphatic carbocycles. The number of carbonyl (C=O) groups excluding carboxylic acids is 1. The van der Waals surface area contributed by atoms with Crippen LogP contribution in [0.5, 0.6) is 0 Å². The van der Waals surface area contributed by atoms with Gasteiger partial charge in [-0.25, -0.2) is 9.78 Å². The van der Waals surface area contributed by atoms with Gasteiger partial charge in [0.2, 0.25) is 0 Å². The second kappa shape index (κ2) is 6.86. The Morgan fingerprint density at radius 3 is 3.04 bits per heavy atom. The third-order valence-electron chi connectivity index (χ3n) is 4.81. The fraction of sp³-hybridized carbons (Fsp3) is 0.400. The van der Waals surface area contributed by atoms with Crippen LogP contribution < -0.4 is 5.32 Å². The summed E-state index contributed by atoms with van der Waals surface area (Å²) in [6.07, 6.45) is 5.96. The number of pyridine rings is 1. The standard InChI is InChI=1S/C20H23N3O3/c1-12(2)22-20(24)26-16-6-5-13(9-16)15-8-14-10-17(18-4-3-7-25-18)23-19(14)21-11-15/h3-4,7-8,10-13,16H,5-6,9H2,1-2H3,(H,21,23)(H,22,24)/t13-,16+/m0/s1. The second-order valence-electron chi connectivity index (χ2n) is 7.20. The summed E-state index contributed by atoms with van der Waals surface area (Å²) in [6.45, 7) is 3.85. The Morgan fingerprint density at radius 1 is 1.38 bits per heavy atom. The summed E-state index contributed by atoms with van der Waals surface area (Å²) in [7, 11) is 0. The smallest absolute Gasteiger partial charge is 0.407 e. The van der Waals surface area contributed by atoms with Crippen LogP contribution in [-0.4, -0.2) is 28.2 Å². The van der Waals surface area contributed by atoms with Crippen LogP contribution in [0.1, 0.15) is 44.6 Å². The fourth-order valence-electron chi connectivity index (χ4n) is 3.59. The Kier molecular flexibility index (Phi) is 4.41. The van der Waals surface area contributed by atoms with Crippen molar-refractivity contribution in [2.45, 2.75) is 51.2 Å². The molecule has 0 aliphatic heterocycles. The Balaban J connectivity index is 1.46. The summed E-state index contributed by atoms with van der Waals surface area (Å²) in [5, 5.41) is 3.84. The molecule has 2 atom stereocenters. The van der Waals surface area contributed by atoms with Crippen molar-refractivity contribution >= 4 is 17.1 Å². The normalized spacial score (nSPS) is 20.0. The highest BCUT2D eigenvalue weighted by molar-refractivity contribution is 5.82. The van der Waals surface area contributed by atoms with Gasteiger partial charge in [-0.1, -0.05) is 0 Å². The predicted octanol–water partition coefficient (Wildman–Crippen LogP) is 4.59. The molecule has 0 saturated heterocycles. The summed E-state index contributed by atoms with van der Waals surface area (Å²) < 4.78 is 11.0. The zero-order valence-corrected chi connectivity index (χ0v) is 15.0. The molecule has 3 aromatic heterocycles. The third-order valence-corrected chi connectivity index (χ3v) is 4.81. The van der Waals surface area contributed by atoms with Gasteiger partial charge in [-0.2, -0.15) is 0 Å². The predicted molar refractivity (Wildman–Crippen MR) is 98.9 cm³/mol. The number of rotatable bonds is 4. The molecule has 4 rings (SSSR count). The molecule has 1 amide bonds. The van der Waals surface area contributed by atoms with Crippen molar-refractivity contribution in [1.29, 1.82) is 0 Å². The Hall–Kier alpha value is -2.76. The van der Waals surface area contributed by atoms with Gasteiger partial charge in [0.25, 0.3) is 0 Å². The Morgan fingerprint density at radius 2 is 2.27 bits per heavy atom. The van der Waals surface area contributed by atoms with Crippen LogP contribution in [-0.2, 0) is 4.74 Å². The lowest BCUT2D eigenvalue weighted by molar-refractivity contribution is 0.0982. The number of nitrogens with zero attached hydrogens (tertiary/aromatic N) is 1. The first-order valence-electron chi connectivity index (χ1n) is 9.08. The minimum Gasteiger partial charge on any atom is -0.463 e. The van der Waals surface area contributed by atoms with Gasteiger partial charge in [-0.3, -0.25) is 0 Å². The molecule has 0 spiro atoms. The van der Waals surface area contributed by atoms with E-state index in [-0.39, 0.29) is 18.2 Å². The van der Waals surface area contributed by atoms with Crippen LogP contribution in [0.4, 0.5) is 4.79 Å². The van der Waals surface area contributed by atoms with Gasteiger partial charge in [0, 0.05) is 17.6 Å². The van der Waals surface area contributed by atoms with E-state index in [1.165, 1.54) is 5.56 Å². The van der Waals surface area contributed by atoms with E-state index in [2.05, 4.69) is 27.4 Å². The van der Waals surface area contributed by atoms with Crippen molar-refractivity contribution in [3.05, 3.63) is 42.3 Å². The molecule has 2 N–H and O–H groups in total. The maximum absolute atomic E-state index is 11.8. The number of amides is 1. The number of ether oxygens (including phenoxy) is 1. The molecule has 6 nitrogen and oxygen atoms in total. The average Bonchev–Trinajstić information content (AvgIpc) is 3.33. The quantitative estimate of drug-likeness (QED) is 0.719. The Bertz CT molecular complexity index is 898. The first-order valence-corrected chi connectivity index (χ1v) is 9.08. The molecule has 1 saturated carbocycles. The van der Waals surface area contributed by atoms with Crippen LogP contribution in [0.3, 0.4) is 0 Å². The first kappa shape index (κ1) is 16.7. The molecule has 0 unspecified atom stereocenters. The van der Waals surface area contributed by atoms with E-state index >= 15 is 0 Å². The molecule has 0 bridgehead atoms. The van der Waals surface area contributed by atoms with Crippen LogP contribution >= 0.6 is 0 Å². The second-order valence-corrected chi connectivity index (χ2v) is 7.20. The minimum atomic E-state index is -0.326. The number of H-pyrrole nitrogens is 1. The Labute approximate surface area is 151 Å². The topological polar surface area (TPSA) is 80.1 Å². The lowest BCUT2D eigenvalue weighted by atomic mass is 9.99. The van der Waals surface area contributed by atoms with Crippen LogP contribution in [0.15, 0.2) is 41.1 Å². The molecular formula is C20H23N3O3. The van der Waals surface area contributed by atoms with E-state index in [0.29, 0.717) is 5.92 Å². The summed E-state index contributed by atoms with van der Waals surface area (Å²) in [4.78, 5) is 19.6. The van der Waals surface area contributed by atoms with E-state index in [4.69, 9.17) is 9.15 Å². The van der Waals surface area contributed by atoms with Crippen LogP contribution in [0.25, 0.3) is 22.5 Å². The molecule has 1 aliphatic rings. The number of alkyl carbamates (subject to hydrolysis) is 1. The lowest BCUT2D eigenvalue weighted by Gasteiger charge is -2.15. The molecule has 3 heterocycles. The summed E-state index contributed by atoms with van der Waals surface area (Å²) in [5.41, 5.74) is 2.97. The number of carbonyl (C=O) groups is 1. The largest absolute Gasteiger partial charge is 0.463 e. The van der Waals surface area contributed by atoms with Gasteiger partial charge in [0.05, 0.1) is 12.0 Å². The fourth-order valence-corrected chi connectivity index (χ4v) is 3.59. The van der Waals surface area contributed by atoms with E-state index in [9.17, 15) is 4.79 Å². The highest BCUT2D eigenvalue weighted by Gasteiger charge is 2.29. The molecule has 136 valence electrons. The molecule has 0 aromatic carbocycles. The van der Waals surface area contributed by atoms with Crippen molar-refractivity contribution < 1.29 is 13.9 Å². The first-order chi connectivity index (χ1) is 12.6. The van der Waals surface area contributed by atoms with Gasteiger partial charge >= 0.3 is 6.09 Å². The maximum Gasteiger partial charge on any atom is 0.407 e. The number of fused-ring (bicyclic) bond motifs is 1. The molecule has 26 heavy (non-hydrogen) atoms. The number of hydrogen-bond donors (Lipinski definition) is 2. The maximum atomic E-state index is 11.8. The van der Waals surface area contributed by atoms with Gasteiger partial charge in [-0.05, 0) is 68.9 Å². The number of nitrogens with one attached hydrogen (secondary N) is 2. The zero-order chi connectivity index (χ0) is 18.1. The van der Waals surface area contributed by atoms with E-state index in [1.807, 2.05) is 32.2 Å². The number of aromatic nitrogens is 2. The highest BCUT2D eigenvalue weighted by atomic mass is 16.6. The van der Waals surface area contributed by atoms with E-state index in [0.717, 1.165) is 41.8 Å². The zero-order valence-electron chi connectivity index (χ0n) is 15.0. The van der Waals surface area contributed by atoms with Crippen molar-refractivity contribution in [3.63, 3.8) is 0 Å². The van der Waals surface area contributed by atoms with Gasteiger partial charge < -0.3 is 19.5 Å². The molecule has 1 fully saturated rings. The van der Waals surface area contributed by atoms with Crippen molar-refractivity contribution in [2.24, 2.45) is 0 Å². The van der Waals surface area contributed by atoms with Gasteiger partial charge in [-0.15, -0.1) is 0 Å². The monoisotopic (exact) mass is 353 g/mol. The SMILES string of the molecule is CC(C)NC(=O)O[C@@H]1CC[C@H](c2cnc3[nH]c(-c4ccco4)cc3c2)C1. The van der Waals surface area contributed by atoms with Gasteiger partial charge in [0.15, 0.2) is 0 Å². The number of aromatic amines is 1. The van der Waals surface area contributed by atoms with Crippen molar-refractivity contribution in [2.75, 3.05) is 0 Å². The van der Waals surface area contributed by atoms with Crippen molar-refractivity contribution in [3.8, 4) is 11.5 Å². The molecule has 6 heteroatoms. The van der Waals surface area contributed by atoms with Crippen LogP contribution in [0, 0.1) is 0 Å². The number of furan rings is 1. The third kappa shape index (κ3) is 3.45. The molecule has 3 aromatic rings. The summed E-state index contributed by atoms with van der Waals surface area (Å²) >= 11 is 0. The van der Waals surface area contributed by atoms with E-state index in [1.54, 1.807) is 6.26 Å². The van der Waals surface area contributed by atoms with E-state index < -0.39 is 0 Å². The van der Waals surface area contributed by atoms with Gasteiger partial charge in [0.1, 0.15) is 17.5 Å². The van der Waals surface area contributed by atoms with Crippen LogP contribution in [0.2, 0.25) is 0 Å². The minimum absolute atomic E-state index is 0.0284. The summed E-state index contributed by atoms with van der Waals surface area (Å²) in [5.74, 6) is 1.17. The van der Waals surface area contributed by atoms with Crippen molar-refractivity contribution in [1.82, 2.24) is 15.3 Å². The molecule has 0 radical (unpaired) electrons. The summed E-state index contributed by atoms with van der Waals surface area (Å²) in [6, 6.07) is 8.11. The number of hydrogen-bond acceptors (Lipinski definition) is 4. The highest BCUT2D eigenvalue weighted by Crippen LogP contribution is 2.37. The molecular weight excluding hydrogens is 330 g/mol.